The zero-order chi connectivity index (χ0) is 13.4. The second-order valence-electron chi connectivity index (χ2n) is 5.56. The fourth-order valence-electron chi connectivity index (χ4n) is 3.18. The van der Waals surface area contributed by atoms with Crippen molar-refractivity contribution in [3.8, 4) is 0 Å². The SMILES string of the molecule is CCN1CCC(Cn2c(=O)[nH]c3cccc(C)c32)C1. The van der Waals surface area contributed by atoms with Crippen LogP contribution in [0.5, 0.6) is 0 Å². The van der Waals surface area contributed by atoms with Gasteiger partial charge in [0.05, 0.1) is 11.0 Å². The highest BCUT2D eigenvalue weighted by Crippen LogP contribution is 2.21. The Morgan fingerprint density at radius 2 is 2.26 bits per heavy atom. The lowest BCUT2D eigenvalue weighted by molar-refractivity contribution is 0.333. The van der Waals surface area contributed by atoms with Gasteiger partial charge in [0.2, 0.25) is 0 Å². The van der Waals surface area contributed by atoms with Crippen LogP contribution in [-0.4, -0.2) is 34.1 Å². The van der Waals surface area contributed by atoms with Crippen molar-refractivity contribution in [2.45, 2.75) is 26.8 Å². The van der Waals surface area contributed by atoms with E-state index < -0.39 is 0 Å². The predicted molar refractivity (Wildman–Crippen MR) is 77.5 cm³/mol. The number of H-pyrrole nitrogens is 1. The molecule has 0 amide bonds. The van der Waals surface area contributed by atoms with Gasteiger partial charge in [-0.1, -0.05) is 19.1 Å². The maximum Gasteiger partial charge on any atom is 0.326 e. The quantitative estimate of drug-likeness (QED) is 0.915. The van der Waals surface area contributed by atoms with Crippen molar-refractivity contribution >= 4 is 11.0 Å². The Hall–Kier alpha value is -1.55. The van der Waals surface area contributed by atoms with Gasteiger partial charge in [-0.25, -0.2) is 4.79 Å². The Balaban J connectivity index is 1.93. The molecule has 0 aliphatic carbocycles. The summed E-state index contributed by atoms with van der Waals surface area (Å²) in [4.78, 5) is 17.5. The predicted octanol–water partition coefficient (Wildman–Crippen LogP) is 1.98. The number of rotatable bonds is 3. The van der Waals surface area contributed by atoms with E-state index in [-0.39, 0.29) is 5.69 Å². The first-order valence-corrected chi connectivity index (χ1v) is 7.09. The highest BCUT2D eigenvalue weighted by molar-refractivity contribution is 5.78. The van der Waals surface area contributed by atoms with Crippen molar-refractivity contribution in [2.75, 3.05) is 19.6 Å². The molecule has 0 spiro atoms. The van der Waals surface area contributed by atoms with Crippen LogP contribution < -0.4 is 5.69 Å². The third-order valence-electron chi connectivity index (χ3n) is 4.25. The average molecular weight is 259 g/mol. The number of aromatic amines is 1. The van der Waals surface area contributed by atoms with Gasteiger partial charge in [-0.15, -0.1) is 0 Å². The van der Waals surface area contributed by atoms with Gasteiger partial charge in [-0.2, -0.15) is 0 Å². The monoisotopic (exact) mass is 259 g/mol. The number of hydrogen-bond acceptors (Lipinski definition) is 2. The molecular formula is C15H21N3O. The number of imidazole rings is 1. The average Bonchev–Trinajstić information content (AvgIpc) is 2.96. The second-order valence-corrected chi connectivity index (χ2v) is 5.56. The molecule has 1 N–H and O–H groups in total. The minimum Gasteiger partial charge on any atom is -0.306 e. The topological polar surface area (TPSA) is 41.0 Å². The molecule has 102 valence electrons. The number of nitrogens with one attached hydrogen (secondary N) is 1. The van der Waals surface area contributed by atoms with Gasteiger partial charge in [0.25, 0.3) is 0 Å². The van der Waals surface area contributed by atoms with Crippen LogP contribution in [-0.2, 0) is 6.54 Å². The summed E-state index contributed by atoms with van der Waals surface area (Å²) in [6, 6.07) is 6.04. The third kappa shape index (κ3) is 2.21. The molecule has 4 nitrogen and oxygen atoms in total. The molecule has 2 aromatic rings. The van der Waals surface area contributed by atoms with E-state index in [9.17, 15) is 4.79 Å². The molecule has 1 atom stereocenters. The number of aromatic nitrogens is 2. The number of hydrogen-bond donors (Lipinski definition) is 1. The van der Waals surface area contributed by atoms with E-state index >= 15 is 0 Å². The van der Waals surface area contributed by atoms with Gasteiger partial charge >= 0.3 is 5.69 Å². The molecule has 1 unspecified atom stereocenters. The van der Waals surface area contributed by atoms with E-state index in [1.165, 1.54) is 12.0 Å². The highest BCUT2D eigenvalue weighted by Gasteiger charge is 2.23. The zero-order valence-electron chi connectivity index (χ0n) is 11.6. The molecule has 4 heteroatoms. The number of nitrogens with zero attached hydrogens (tertiary/aromatic N) is 2. The third-order valence-corrected chi connectivity index (χ3v) is 4.25. The lowest BCUT2D eigenvalue weighted by Crippen LogP contribution is -2.25. The lowest BCUT2D eigenvalue weighted by Gasteiger charge is -2.14. The molecule has 3 rings (SSSR count). The van der Waals surface area contributed by atoms with Crippen LogP contribution in [0.4, 0.5) is 0 Å². The number of benzene rings is 1. The Kier molecular flexibility index (Phi) is 3.19. The van der Waals surface area contributed by atoms with Crippen LogP contribution in [0.1, 0.15) is 18.9 Å². The van der Waals surface area contributed by atoms with Crippen molar-refractivity contribution < 1.29 is 0 Å². The molecular weight excluding hydrogens is 238 g/mol. The number of likely N-dealkylation sites (tertiary alicyclic amines) is 1. The largest absolute Gasteiger partial charge is 0.326 e. The summed E-state index contributed by atoms with van der Waals surface area (Å²) in [7, 11) is 0. The van der Waals surface area contributed by atoms with Gasteiger partial charge in [-0.05, 0) is 44.0 Å². The van der Waals surface area contributed by atoms with E-state index in [1.807, 2.05) is 16.7 Å². The molecule has 1 aliphatic heterocycles. The molecule has 2 heterocycles. The summed E-state index contributed by atoms with van der Waals surface area (Å²) < 4.78 is 1.93. The maximum absolute atomic E-state index is 12.1. The molecule has 0 radical (unpaired) electrons. The van der Waals surface area contributed by atoms with Crippen LogP contribution in [0.3, 0.4) is 0 Å². The number of aryl methyl sites for hydroxylation is 1. The standard InChI is InChI=1S/C15H21N3O/c1-3-17-8-7-12(9-17)10-18-14-11(2)5-4-6-13(14)16-15(18)19/h4-6,12H,3,7-10H2,1-2H3,(H,16,19). The van der Waals surface area contributed by atoms with Crippen LogP contribution in [0.25, 0.3) is 11.0 Å². The van der Waals surface area contributed by atoms with Crippen LogP contribution >= 0.6 is 0 Å². The Morgan fingerprint density at radius 1 is 1.42 bits per heavy atom. The summed E-state index contributed by atoms with van der Waals surface area (Å²) >= 11 is 0. The molecule has 19 heavy (non-hydrogen) atoms. The van der Waals surface area contributed by atoms with Crippen molar-refractivity contribution in [3.05, 3.63) is 34.2 Å². The van der Waals surface area contributed by atoms with Gasteiger partial charge in [-0.3, -0.25) is 4.57 Å². The normalized spacial score (nSPS) is 20.4. The van der Waals surface area contributed by atoms with E-state index in [1.54, 1.807) is 0 Å². The first-order valence-electron chi connectivity index (χ1n) is 7.09. The van der Waals surface area contributed by atoms with E-state index in [2.05, 4.69) is 29.8 Å². The first-order chi connectivity index (χ1) is 9.19. The minimum absolute atomic E-state index is 0.0271. The van der Waals surface area contributed by atoms with Crippen LogP contribution in [0.15, 0.2) is 23.0 Å². The van der Waals surface area contributed by atoms with Crippen molar-refractivity contribution in [3.63, 3.8) is 0 Å². The number of fused-ring (bicyclic) bond motifs is 1. The minimum atomic E-state index is 0.0271. The zero-order valence-corrected chi connectivity index (χ0v) is 11.6. The highest BCUT2D eigenvalue weighted by atomic mass is 16.1. The molecule has 0 bridgehead atoms. The van der Waals surface area contributed by atoms with E-state index in [4.69, 9.17) is 0 Å². The molecule has 1 saturated heterocycles. The van der Waals surface area contributed by atoms with Crippen LogP contribution in [0.2, 0.25) is 0 Å². The Bertz CT molecular complexity index is 640. The second kappa shape index (κ2) is 4.85. The number of para-hydroxylation sites is 1. The fraction of sp³-hybridized carbons (Fsp3) is 0.533. The van der Waals surface area contributed by atoms with Gasteiger partial charge in [0.15, 0.2) is 0 Å². The molecule has 1 aromatic heterocycles. The van der Waals surface area contributed by atoms with Crippen molar-refractivity contribution in [1.82, 2.24) is 14.5 Å². The summed E-state index contributed by atoms with van der Waals surface area (Å²) in [5.74, 6) is 0.594. The summed E-state index contributed by atoms with van der Waals surface area (Å²) in [5, 5.41) is 0. The smallest absolute Gasteiger partial charge is 0.306 e. The first kappa shape index (κ1) is 12.5. The van der Waals surface area contributed by atoms with Gasteiger partial charge in [0, 0.05) is 13.1 Å². The van der Waals surface area contributed by atoms with Crippen molar-refractivity contribution in [1.29, 1.82) is 0 Å². The fourth-order valence-corrected chi connectivity index (χ4v) is 3.18. The Morgan fingerprint density at radius 3 is 3.00 bits per heavy atom. The van der Waals surface area contributed by atoms with E-state index in [0.717, 1.165) is 37.2 Å². The van der Waals surface area contributed by atoms with Gasteiger partial charge < -0.3 is 9.88 Å². The van der Waals surface area contributed by atoms with Crippen LogP contribution in [0, 0.1) is 12.8 Å². The molecule has 0 saturated carbocycles. The van der Waals surface area contributed by atoms with E-state index in [0.29, 0.717) is 5.92 Å². The van der Waals surface area contributed by atoms with Crippen molar-refractivity contribution in [2.24, 2.45) is 5.92 Å². The maximum atomic E-state index is 12.1. The summed E-state index contributed by atoms with van der Waals surface area (Å²) in [6.07, 6.45) is 1.19. The summed E-state index contributed by atoms with van der Waals surface area (Å²) in [6.45, 7) is 8.49. The Labute approximate surface area is 113 Å². The lowest BCUT2D eigenvalue weighted by atomic mass is 10.1. The molecule has 1 aliphatic rings. The summed E-state index contributed by atoms with van der Waals surface area (Å²) in [5.41, 5.74) is 3.22. The van der Waals surface area contributed by atoms with Gasteiger partial charge in [0.1, 0.15) is 0 Å². The molecule has 1 aromatic carbocycles. The molecule has 1 fully saturated rings.